The molecule has 2 amide bonds. The molecule has 25 heavy (non-hydrogen) atoms. The summed E-state index contributed by atoms with van der Waals surface area (Å²) in [5.41, 5.74) is 7.10. The van der Waals surface area contributed by atoms with Gasteiger partial charge in [-0.05, 0) is 30.2 Å². The van der Waals surface area contributed by atoms with Gasteiger partial charge in [0.1, 0.15) is 0 Å². The third-order valence-corrected chi connectivity index (χ3v) is 4.76. The number of carbonyl (C=O) groups is 2. The van der Waals surface area contributed by atoms with Crippen LogP contribution in [0.2, 0.25) is 0 Å². The molecular weight excluding hydrogens is 342 g/mol. The van der Waals surface area contributed by atoms with Gasteiger partial charge in [-0.3, -0.25) is 9.59 Å². The summed E-state index contributed by atoms with van der Waals surface area (Å²) in [6.45, 7) is 1.10. The summed E-state index contributed by atoms with van der Waals surface area (Å²) in [7, 11) is -3.97. The molecule has 0 saturated heterocycles. The Labute approximate surface area is 146 Å². The van der Waals surface area contributed by atoms with Gasteiger partial charge >= 0.3 is 0 Å². The van der Waals surface area contributed by atoms with Crippen molar-refractivity contribution < 1.29 is 18.0 Å². The van der Waals surface area contributed by atoms with Crippen molar-refractivity contribution in [2.75, 3.05) is 5.32 Å². The van der Waals surface area contributed by atoms with Gasteiger partial charge in [0.25, 0.3) is 10.0 Å². The van der Waals surface area contributed by atoms with E-state index in [9.17, 15) is 18.0 Å². The van der Waals surface area contributed by atoms with Gasteiger partial charge in [-0.1, -0.05) is 36.4 Å². The minimum Gasteiger partial charge on any atom is -0.325 e. The van der Waals surface area contributed by atoms with Gasteiger partial charge in [0.2, 0.25) is 11.8 Å². The number of sulfonamides is 1. The molecule has 2 aromatic rings. The molecule has 0 saturated carbocycles. The van der Waals surface area contributed by atoms with Crippen LogP contribution in [0.4, 0.5) is 5.69 Å². The Morgan fingerprint density at radius 3 is 2.40 bits per heavy atom. The van der Waals surface area contributed by atoms with E-state index < -0.39 is 27.9 Å². The molecule has 0 aliphatic heterocycles. The Morgan fingerprint density at radius 2 is 1.76 bits per heavy atom. The number of rotatable bonds is 6. The van der Waals surface area contributed by atoms with Crippen molar-refractivity contribution in [2.24, 2.45) is 5.73 Å². The van der Waals surface area contributed by atoms with Crippen molar-refractivity contribution in [2.45, 2.75) is 24.3 Å². The van der Waals surface area contributed by atoms with Crippen LogP contribution in [0.25, 0.3) is 0 Å². The van der Waals surface area contributed by atoms with Crippen molar-refractivity contribution in [1.82, 2.24) is 4.72 Å². The van der Waals surface area contributed by atoms with Crippen LogP contribution >= 0.6 is 0 Å². The predicted octanol–water partition coefficient (Wildman–Crippen LogP) is 1.02. The maximum Gasteiger partial charge on any atom is 0.264 e. The number of hydrogen-bond acceptors (Lipinski definition) is 5. The van der Waals surface area contributed by atoms with E-state index in [4.69, 9.17) is 5.73 Å². The van der Waals surface area contributed by atoms with Crippen LogP contribution < -0.4 is 15.8 Å². The van der Waals surface area contributed by atoms with E-state index in [1.807, 2.05) is 35.1 Å². The van der Waals surface area contributed by atoms with Gasteiger partial charge in [-0.15, -0.1) is 0 Å². The average molecular weight is 361 g/mol. The van der Waals surface area contributed by atoms with Crippen LogP contribution in [0.5, 0.6) is 0 Å². The van der Waals surface area contributed by atoms with E-state index in [1.54, 1.807) is 6.07 Å². The quantitative estimate of drug-likeness (QED) is 0.710. The number of amides is 2. The van der Waals surface area contributed by atoms with Crippen molar-refractivity contribution in [3.63, 3.8) is 0 Å². The standard InChI is InChI=1S/C17H19N3O4S/c1-12(21)20-25(23,24)15-9-5-8-14(11-15)19-17(22)16(18)10-13-6-3-2-4-7-13/h2-9,11,16H,10,18H2,1H3,(H,19,22)(H,20,21)/t16-/m0/s1. The highest BCUT2D eigenvalue weighted by Crippen LogP contribution is 2.16. The summed E-state index contributed by atoms with van der Waals surface area (Å²) in [6.07, 6.45) is 0.358. The van der Waals surface area contributed by atoms with Crippen molar-refractivity contribution in [3.05, 3.63) is 60.2 Å². The van der Waals surface area contributed by atoms with Crippen LogP contribution in [0.3, 0.4) is 0 Å². The first kappa shape index (κ1) is 18.6. The molecule has 8 heteroatoms. The molecule has 0 bridgehead atoms. The first-order valence-corrected chi connectivity index (χ1v) is 9.00. The molecule has 0 aromatic heterocycles. The smallest absolute Gasteiger partial charge is 0.264 e. The summed E-state index contributed by atoms with van der Waals surface area (Å²) in [5.74, 6) is -1.13. The fourth-order valence-corrected chi connectivity index (χ4v) is 3.22. The van der Waals surface area contributed by atoms with Gasteiger partial charge in [-0.2, -0.15) is 0 Å². The highest BCUT2D eigenvalue weighted by molar-refractivity contribution is 7.90. The maximum atomic E-state index is 12.2. The summed E-state index contributed by atoms with van der Waals surface area (Å²) in [4.78, 5) is 23.1. The lowest BCUT2D eigenvalue weighted by atomic mass is 10.1. The Hall–Kier alpha value is -2.71. The van der Waals surface area contributed by atoms with Gasteiger partial charge in [0, 0.05) is 12.6 Å². The van der Waals surface area contributed by atoms with Crippen LogP contribution in [0.15, 0.2) is 59.5 Å². The summed E-state index contributed by atoms with van der Waals surface area (Å²) in [5, 5.41) is 2.59. The first-order chi connectivity index (χ1) is 11.8. The number of nitrogens with one attached hydrogen (secondary N) is 2. The SMILES string of the molecule is CC(=O)NS(=O)(=O)c1cccc(NC(=O)[C@@H](N)Cc2ccccc2)c1. The highest BCUT2D eigenvalue weighted by atomic mass is 32.2. The molecular formula is C17H19N3O4S. The van der Waals surface area contributed by atoms with Crippen LogP contribution in [-0.2, 0) is 26.0 Å². The molecule has 0 radical (unpaired) electrons. The second-order valence-electron chi connectivity index (χ2n) is 5.47. The third-order valence-electron chi connectivity index (χ3n) is 3.33. The monoisotopic (exact) mass is 361 g/mol. The molecule has 2 aromatic carbocycles. The fourth-order valence-electron chi connectivity index (χ4n) is 2.18. The average Bonchev–Trinajstić information content (AvgIpc) is 2.55. The van der Waals surface area contributed by atoms with Crippen LogP contribution in [0, 0.1) is 0 Å². The van der Waals surface area contributed by atoms with E-state index in [0.29, 0.717) is 6.42 Å². The van der Waals surface area contributed by atoms with Crippen LogP contribution in [0.1, 0.15) is 12.5 Å². The second kappa shape index (κ2) is 7.91. The Bertz CT molecular complexity index is 866. The first-order valence-electron chi connectivity index (χ1n) is 7.52. The summed E-state index contributed by atoms with van der Waals surface area (Å²) in [6, 6.07) is 14.1. The second-order valence-corrected chi connectivity index (χ2v) is 7.16. The molecule has 7 nitrogen and oxygen atoms in total. The summed E-state index contributed by atoms with van der Waals surface area (Å²) >= 11 is 0. The van der Waals surface area contributed by atoms with E-state index in [2.05, 4.69) is 5.32 Å². The van der Waals surface area contributed by atoms with Crippen molar-refractivity contribution in [3.8, 4) is 0 Å². The van der Waals surface area contributed by atoms with Gasteiger partial charge in [-0.25, -0.2) is 13.1 Å². The van der Waals surface area contributed by atoms with Crippen LogP contribution in [-0.4, -0.2) is 26.3 Å². The lowest BCUT2D eigenvalue weighted by Gasteiger charge is -2.13. The molecule has 2 rings (SSSR count). The summed E-state index contributed by atoms with van der Waals surface area (Å²) < 4.78 is 25.8. The van der Waals surface area contributed by atoms with Gasteiger partial charge < -0.3 is 11.1 Å². The maximum absolute atomic E-state index is 12.2. The number of hydrogen-bond donors (Lipinski definition) is 3. The lowest BCUT2D eigenvalue weighted by Crippen LogP contribution is -2.37. The largest absolute Gasteiger partial charge is 0.325 e. The molecule has 0 heterocycles. The van der Waals surface area contributed by atoms with Crippen molar-refractivity contribution in [1.29, 1.82) is 0 Å². The van der Waals surface area contributed by atoms with E-state index in [-0.39, 0.29) is 10.6 Å². The fraction of sp³-hybridized carbons (Fsp3) is 0.176. The molecule has 0 fully saturated rings. The minimum absolute atomic E-state index is 0.128. The molecule has 1 atom stereocenters. The highest BCUT2D eigenvalue weighted by Gasteiger charge is 2.18. The number of benzene rings is 2. The Balaban J connectivity index is 2.08. The van der Waals surface area contributed by atoms with E-state index in [1.165, 1.54) is 18.2 Å². The zero-order valence-corrected chi connectivity index (χ0v) is 14.4. The van der Waals surface area contributed by atoms with E-state index >= 15 is 0 Å². The van der Waals surface area contributed by atoms with Gasteiger partial charge in [0.15, 0.2) is 0 Å². The predicted molar refractivity (Wildman–Crippen MR) is 94.2 cm³/mol. The molecule has 4 N–H and O–H groups in total. The number of carbonyl (C=O) groups excluding carboxylic acids is 2. The lowest BCUT2D eigenvalue weighted by molar-refractivity contribution is -0.118. The number of anilines is 1. The zero-order valence-electron chi connectivity index (χ0n) is 13.6. The normalized spacial score (nSPS) is 12.2. The molecule has 132 valence electrons. The topological polar surface area (TPSA) is 118 Å². The molecule has 0 unspecified atom stereocenters. The van der Waals surface area contributed by atoms with Crippen molar-refractivity contribution >= 4 is 27.5 Å². The minimum atomic E-state index is -3.97. The number of nitrogens with two attached hydrogens (primary N) is 1. The third kappa shape index (κ3) is 5.40. The zero-order chi connectivity index (χ0) is 18.4. The van der Waals surface area contributed by atoms with E-state index in [0.717, 1.165) is 12.5 Å². The molecule has 0 spiro atoms. The molecule has 0 aliphatic carbocycles. The van der Waals surface area contributed by atoms with Gasteiger partial charge in [0.05, 0.1) is 10.9 Å². The molecule has 0 aliphatic rings. The Kier molecular flexibility index (Phi) is 5.89. The Morgan fingerprint density at radius 1 is 1.08 bits per heavy atom.